The lowest BCUT2D eigenvalue weighted by atomic mass is 9.85. The van der Waals surface area contributed by atoms with Crippen LogP contribution in [0.3, 0.4) is 0 Å². The summed E-state index contributed by atoms with van der Waals surface area (Å²) in [6.45, 7) is 5.67. The van der Waals surface area contributed by atoms with Crippen LogP contribution in [0, 0.1) is 5.41 Å². The third kappa shape index (κ3) is 10.7. The first-order chi connectivity index (χ1) is 25.4. The van der Waals surface area contributed by atoms with E-state index < -0.39 is 59.7 Å². The molecule has 1 aliphatic rings. The smallest absolute Gasteiger partial charge is 0.408 e. The molecule has 280 valence electrons. The largest absolute Gasteiger partial charge is 0.497 e. The third-order valence-electron chi connectivity index (χ3n) is 9.45. The zero-order valence-corrected chi connectivity index (χ0v) is 30.6. The fraction of sp³-hybridized carbons (Fsp3) is 0.357. The molecule has 0 fully saturated rings. The van der Waals surface area contributed by atoms with Crippen LogP contribution in [0.2, 0.25) is 0 Å². The molecular formula is C42H50N4O7. The Morgan fingerprint density at radius 3 is 2.06 bits per heavy atom. The summed E-state index contributed by atoms with van der Waals surface area (Å²) in [4.78, 5) is 41.3. The van der Waals surface area contributed by atoms with Crippen LogP contribution in [-0.4, -0.2) is 65.6 Å². The number of nitrogens with one attached hydrogen (secondary N) is 4. The van der Waals surface area contributed by atoms with Crippen LogP contribution in [0.15, 0.2) is 109 Å². The van der Waals surface area contributed by atoms with Crippen molar-refractivity contribution in [2.45, 2.75) is 83.1 Å². The van der Waals surface area contributed by atoms with Crippen molar-refractivity contribution in [3.05, 3.63) is 137 Å². The van der Waals surface area contributed by atoms with Crippen molar-refractivity contribution < 1.29 is 34.1 Å². The van der Waals surface area contributed by atoms with E-state index in [0.717, 1.165) is 27.8 Å². The van der Waals surface area contributed by atoms with Crippen molar-refractivity contribution in [3.63, 3.8) is 0 Å². The van der Waals surface area contributed by atoms with Crippen molar-refractivity contribution >= 4 is 17.9 Å². The zero-order chi connectivity index (χ0) is 38.0. The first kappa shape index (κ1) is 39.0. The minimum Gasteiger partial charge on any atom is -0.497 e. The number of hydrogen-bond acceptors (Lipinski definition) is 8. The Bertz CT molecular complexity index is 1800. The number of carbonyl (C=O) groups is 3. The zero-order valence-electron chi connectivity index (χ0n) is 30.6. The Kier molecular flexibility index (Phi) is 13.2. The maximum atomic E-state index is 14.2. The van der Waals surface area contributed by atoms with Gasteiger partial charge in [0.25, 0.3) is 0 Å². The molecule has 6 N–H and O–H groups in total. The van der Waals surface area contributed by atoms with E-state index in [4.69, 9.17) is 9.47 Å². The van der Waals surface area contributed by atoms with E-state index in [0.29, 0.717) is 12.2 Å². The molecule has 1 aliphatic carbocycles. The van der Waals surface area contributed by atoms with Gasteiger partial charge in [0, 0.05) is 13.0 Å². The highest BCUT2D eigenvalue weighted by Crippen LogP contribution is 2.31. The lowest BCUT2D eigenvalue weighted by molar-refractivity contribution is -0.131. The lowest BCUT2D eigenvalue weighted by Gasteiger charge is -2.35. The van der Waals surface area contributed by atoms with E-state index in [1.807, 2.05) is 118 Å². The van der Waals surface area contributed by atoms with Gasteiger partial charge in [-0.15, -0.1) is 0 Å². The molecule has 11 nitrogen and oxygen atoms in total. The molecule has 1 unspecified atom stereocenters. The second-order valence-electron chi connectivity index (χ2n) is 14.5. The number of amides is 3. The Labute approximate surface area is 311 Å². The molecule has 0 radical (unpaired) electrons. The van der Waals surface area contributed by atoms with Gasteiger partial charge in [-0.1, -0.05) is 118 Å². The molecule has 11 heteroatoms. The molecule has 0 spiro atoms. The normalized spacial score (nSPS) is 17.4. The number of methoxy groups -OCH3 is 1. The van der Waals surface area contributed by atoms with Gasteiger partial charge in [-0.3, -0.25) is 14.9 Å². The fourth-order valence-electron chi connectivity index (χ4n) is 6.51. The van der Waals surface area contributed by atoms with E-state index >= 15 is 0 Å². The monoisotopic (exact) mass is 722 g/mol. The van der Waals surface area contributed by atoms with Crippen LogP contribution in [0.4, 0.5) is 4.79 Å². The third-order valence-corrected chi connectivity index (χ3v) is 9.45. The van der Waals surface area contributed by atoms with E-state index in [2.05, 4.69) is 21.3 Å². The Morgan fingerprint density at radius 1 is 0.792 bits per heavy atom. The Hall–Kier alpha value is -5.23. The molecule has 0 saturated carbocycles. The van der Waals surface area contributed by atoms with Crippen LogP contribution >= 0.6 is 0 Å². The molecule has 6 atom stereocenters. The molecule has 0 heterocycles. The van der Waals surface area contributed by atoms with Gasteiger partial charge >= 0.3 is 6.09 Å². The van der Waals surface area contributed by atoms with Gasteiger partial charge in [-0.2, -0.15) is 0 Å². The minimum absolute atomic E-state index is 0.0251. The summed E-state index contributed by atoms with van der Waals surface area (Å²) in [5.74, 6) is -0.425. The lowest BCUT2D eigenvalue weighted by Crippen LogP contribution is -2.62. The van der Waals surface area contributed by atoms with Crippen molar-refractivity contribution in [2.75, 3.05) is 7.11 Å². The second-order valence-corrected chi connectivity index (χ2v) is 14.5. The standard InChI is InChI=1S/C42H50N4O7/c1-42(2,3)38(46-41(51)53-26-29-15-9-6-10-16-29)40(50)44-33(23-27-13-7-5-8-14-27)37(48)36(43-25-28-19-21-31(52-4)22-20-28)39(49)45-35-32-18-12-11-17-30(32)24-34(35)47/h5-22,33-38,43,47-48H,23-26H2,1-4H3,(H,44,50)(H,45,49)(H,46,51)/t33-,34?,35-,36+,37+,38+/m0/s1. The van der Waals surface area contributed by atoms with Crippen LogP contribution in [0.25, 0.3) is 0 Å². The van der Waals surface area contributed by atoms with E-state index in [1.54, 1.807) is 19.2 Å². The molecular weight excluding hydrogens is 672 g/mol. The number of ether oxygens (including phenoxy) is 2. The molecule has 0 bridgehead atoms. The summed E-state index contributed by atoms with van der Waals surface area (Å²) in [6, 6.07) is 29.4. The molecule has 3 amide bonds. The summed E-state index contributed by atoms with van der Waals surface area (Å²) in [5.41, 5.74) is 3.43. The van der Waals surface area contributed by atoms with Gasteiger partial charge in [-0.05, 0) is 51.8 Å². The SMILES string of the molecule is COc1ccc(CN[C@@H](C(=O)N[C@H]2c3ccccc3CC2O)[C@H](O)[C@H](Cc2ccccc2)NC(=O)[C@@H](NC(=O)OCc2ccccc2)C(C)(C)C)cc1. The molecule has 4 aromatic carbocycles. The van der Waals surface area contributed by atoms with E-state index in [-0.39, 0.29) is 19.6 Å². The predicted octanol–water partition coefficient (Wildman–Crippen LogP) is 4.36. The Balaban J connectivity index is 1.40. The number of alkyl carbamates (subject to hydrolysis) is 1. The van der Waals surface area contributed by atoms with Gasteiger partial charge < -0.3 is 35.6 Å². The van der Waals surface area contributed by atoms with Gasteiger partial charge in [0.1, 0.15) is 24.4 Å². The molecule has 5 rings (SSSR count). The molecule has 0 aromatic heterocycles. The average molecular weight is 723 g/mol. The summed E-state index contributed by atoms with van der Waals surface area (Å²) in [5, 5.41) is 35.0. The number of aliphatic hydroxyl groups excluding tert-OH is 2. The first-order valence-electron chi connectivity index (χ1n) is 17.8. The quantitative estimate of drug-likeness (QED) is 0.106. The van der Waals surface area contributed by atoms with Crippen LogP contribution in [0.5, 0.6) is 5.75 Å². The van der Waals surface area contributed by atoms with Crippen LogP contribution in [0.1, 0.15) is 54.6 Å². The summed E-state index contributed by atoms with van der Waals surface area (Å²) >= 11 is 0. The fourth-order valence-corrected chi connectivity index (χ4v) is 6.51. The second kappa shape index (κ2) is 18.0. The number of rotatable bonds is 15. The van der Waals surface area contributed by atoms with Gasteiger partial charge in [0.2, 0.25) is 11.8 Å². The Morgan fingerprint density at radius 2 is 1.42 bits per heavy atom. The molecule has 53 heavy (non-hydrogen) atoms. The summed E-state index contributed by atoms with van der Waals surface area (Å²) in [7, 11) is 1.58. The minimum atomic E-state index is -1.46. The van der Waals surface area contributed by atoms with Crippen molar-refractivity contribution in [3.8, 4) is 5.75 Å². The van der Waals surface area contributed by atoms with Crippen molar-refractivity contribution in [2.24, 2.45) is 5.41 Å². The predicted molar refractivity (Wildman–Crippen MR) is 202 cm³/mol. The van der Waals surface area contributed by atoms with Crippen molar-refractivity contribution in [1.82, 2.24) is 21.3 Å². The van der Waals surface area contributed by atoms with Gasteiger partial charge in [-0.25, -0.2) is 4.79 Å². The maximum Gasteiger partial charge on any atom is 0.408 e. The van der Waals surface area contributed by atoms with E-state index in [1.165, 1.54) is 0 Å². The number of benzene rings is 4. The summed E-state index contributed by atoms with van der Waals surface area (Å²) < 4.78 is 10.7. The number of carbonyl (C=O) groups excluding carboxylic acids is 3. The molecule has 0 saturated heterocycles. The molecule has 4 aromatic rings. The highest BCUT2D eigenvalue weighted by atomic mass is 16.5. The molecule has 0 aliphatic heterocycles. The number of hydrogen-bond donors (Lipinski definition) is 6. The average Bonchev–Trinajstić information content (AvgIpc) is 3.47. The van der Waals surface area contributed by atoms with Crippen LogP contribution in [-0.2, 0) is 40.3 Å². The summed E-state index contributed by atoms with van der Waals surface area (Å²) in [6.07, 6.45) is -2.52. The number of aliphatic hydroxyl groups is 2. The van der Waals surface area contributed by atoms with Gasteiger partial charge in [0.05, 0.1) is 31.4 Å². The highest BCUT2D eigenvalue weighted by Gasteiger charge is 2.40. The van der Waals surface area contributed by atoms with Gasteiger partial charge in [0.15, 0.2) is 0 Å². The topological polar surface area (TPSA) is 158 Å². The van der Waals surface area contributed by atoms with Crippen LogP contribution < -0.4 is 26.0 Å². The maximum absolute atomic E-state index is 14.2. The van der Waals surface area contributed by atoms with Crippen molar-refractivity contribution in [1.29, 1.82) is 0 Å². The van der Waals surface area contributed by atoms with E-state index in [9.17, 15) is 24.6 Å². The number of fused-ring (bicyclic) bond motifs is 1. The first-order valence-corrected chi connectivity index (χ1v) is 17.8. The highest BCUT2D eigenvalue weighted by molar-refractivity contribution is 5.87.